The number of anilines is 1. The van der Waals surface area contributed by atoms with E-state index in [9.17, 15) is 9.59 Å². The highest BCUT2D eigenvalue weighted by Crippen LogP contribution is 2.28. The van der Waals surface area contributed by atoms with Gasteiger partial charge in [0.1, 0.15) is 5.00 Å². The highest BCUT2D eigenvalue weighted by Gasteiger charge is 2.18. The molecule has 5 heteroatoms. The van der Waals surface area contributed by atoms with Crippen LogP contribution in [0.25, 0.3) is 0 Å². The molecule has 0 aliphatic heterocycles. The maximum Gasteiger partial charge on any atom is 0.251 e. The van der Waals surface area contributed by atoms with E-state index in [1.165, 1.54) is 30.6 Å². The Morgan fingerprint density at radius 1 is 1.33 bits per heavy atom. The molecule has 0 spiro atoms. The van der Waals surface area contributed by atoms with Crippen molar-refractivity contribution in [2.45, 2.75) is 38.5 Å². The fourth-order valence-corrected chi connectivity index (χ4v) is 3.24. The minimum Gasteiger partial charge on any atom is -0.366 e. The molecule has 0 saturated heterocycles. The molecule has 1 heterocycles. The monoisotopic (exact) mass is 266 g/mol. The Morgan fingerprint density at radius 2 is 2.06 bits per heavy atom. The molecule has 1 aliphatic rings. The predicted molar refractivity (Wildman–Crippen MR) is 72.7 cm³/mol. The van der Waals surface area contributed by atoms with Crippen molar-refractivity contribution in [3.05, 3.63) is 17.0 Å². The van der Waals surface area contributed by atoms with Crippen LogP contribution in [0.5, 0.6) is 0 Å². The molecule has 0 unspecified atom stereocenters. The molecule has 1 aromatic rings. The zero-order chi connectivity index (χ0) is 13.0. The Kier molecular flexibility index (Phi) is 4.36. The third-order valence-electron chi connectivity index (χ3n) is 3.38. The first-order valence-electron chi connectivity index (χ1n) is 6.34. The first-order valence-corrected chi connectivity index (χ1v) is 7.22. The summed E-state index contributed by atoms with van der Waals surface area (Å²) in [6.07, 6.45) is 6.57. The zero-order valence-electron chi connectivity index (χ0n) is 10.3. The lowest BCUT2D eigenvalue weighted by molar-refractivity contribution is -0.117. The van der Waals surface area contributed by atoms with Gasteiger partial charge in [0.15, 0.2) is 0 Å². The van der Waals surface area contributed by atoms with Crippen molar-refractivity contribution in [2.24, 2.45) is 11.7 Å². The van der Waals surface area contributed by atoms with Crippen molar-refractivity contribution in [1.82, 2.24) is 0 Å². The average molecular weight is 266 g/mol. The standard InChI is InChI=1S/C13H18N2O2S/c14-12(17)10-6-7-18-13(10)15-11(16)8-9-4-2-1-3-5-9/h6-7,9H,1-5,8H2,(H2,14,17)(H,15,16). The Hall–Kier alpha value is -1.36. The number of rotatable bonds is 4. The van der Waals surface area contributed by atoms with Gasteiger partial charge in [-0.1, -0.05) is 19.3 Å². The van der Waals surface area contributed by atoms with Gasteiger partial charge in [-0.2, -0.15) is 0 Å². The lowest BCUT2D eigenvalue weighted by Gasteiger charge is -2.20. The lowest BCUT2D eigenvalue weighted by Crippen LogP contribution is -2.20. The quantitative estimate of drug-likeness (QED) is 0.879. The normalized spacial score (nSPS) is 16.4. The topological polar surface area (TPSA) is 72.2 Å². The predicted octanol–water partition coefficient (Wildman–Crippen LogP) is 2.76. The molecule has 2 rings (SSSR count). The van der Waals surface area contributed by atoms with E-state index in [0.717, 1.165) is 12.8 Å². The molecule has 1 aromatic heterocycles. The molecule has 98 valence electrons. The molecule has 1 fully saturated rings. The summed E-state index contributed by atoms with van der Waals surface area (Å²) in [5, 5.41) is 5.13. The summed E-state index contributed by atoms with van der Waals surface area (Å²) >= 11 is 1.34. The fourth-order valence-electron chi connectivity index (χ4n) is 2.43. The Balaban J connectivity index is 1.90. The van der Waals surface area contributed by atoms with E-state index in [1.54, 1.807) is 11.4 Å². The number of amides is 2. The Morgan fingerprint density at radius 3 is 2.72 bits per heavy atom. The van der Waals surface area contributed by atoms with Crippen LogP contribution in [-0.4, -0.2) is 11.8 Å². The van der Waals surface area contributed by atoms with Gasteiger partial charge >= 0.3 is 0 Å². The molecule has 18 heavy (non-hydrogen) atoms. The van der Waals surface area contributed by atoms with Gasteiger partial charge < -0.3 is 11.1 Å². The van der Waals surface area contributed by atoms with Crippen LogP contribution in [0.2, 0.25) is 0 Å². The molecule has 0 radical (unpaired) electrons. The van der Waals surface area contributed by atoms with Crippen molar-refractivity contribution in [1.29, 1.82) is 0 Å². The second-order valence-corrected chi connectivity index (χ2v) is 5.70. The van der Waals surface area contributed by atoms with Crippen LogP contribution in [0.1, 0.15) is 48.9 Å². The van der Waals surface area contributed by atoms with Gasteiger partial charge in [-0.05, 0) is 30.2 Å². The molecule has 1 aliphatic carbocycles. The van der Waals surface area contributed by atoms with Gasteiger partial charge in [0.2, 0.25) is 5.91 Å². The zero-order valence-corrected chi connectivity index (χ0v) is 11.1. The molecule has 4 nitrogen and oxygen atoms in total. The van der Waals surface area contributed by atoms with Crippen LogP contribution < -0.4 is 11.1 Å². The summed E-state index contributed by atoms with van der Waals surface area (Å²) in [6, 6.07) is 1.64. The van der Waals surface area contributed by atoms with Gasteiger partial charge in [-0.15, -0.1) is 11.3 Å². The summed E-state index contributed by atoms with van der Waals surface area (Å²) in [6.45, 7) is 0. The highest BCUT2D eigenvalue weighted by molar-refractivity contribution is 7.14. The molecule has 0 bridgehead atoms. The largest absolute Gasteiger partial charge is 0.366 e. The molecule has 3 N–H and O–H groups in total. The first kappa shape index (κ1) is 13.1. The minimum atomic E-state index is -0.496. The third-order valence-corrected chi connectivity index (χ3v) is 4.21. The number of hydrogen-bond donors (Lipinski definition) is 2. The number of nitrogens with two attached hydrogens (primary N) is 1. The van der Waals surface area contributed by atoms with Gasteiger partial charge in [0, 0.05) is 6.42 Å². The lowest BCUT2D eigenvalue weighted by atomic mass is 9.87. The van der Waals surface area contributed by atoms with Crippen LogP contribution in [0.4, 0.5) is 5.00 Å². The van der Waals surface area contributed by atoms with Crippen molar-refractivity contribution in [3.63, 3.8) is 0 Å². The van der Waals surface area contributed by atoms with Gasteiger partial charge in [0.25, 0.3) is 5.91 Å². The average Bonchev–Trinajstić information content (AvgIpc) is 2.78. The minimum absolute atomic E-state index is 0.00755. The Labute approximate surface area is 111 Å². The molecule has 2 amide bonds. The number of thiophene rings is 1. The maximum atomic E-state index is 11.9. The summed E-state index contributed by atoms with van der Waals surface area (Å²) in [5.41, 5.74) is 5.64. The van der Waals surface area contributed by atoms with E-state index in [0.29, 0.717) is 22.9 Å². The maximum absolute atomic E-state index is 11.9. The molecular formula is C13H18N2O2S. The summed E-state index contributed by atoms with van der Waals surface area (Å²) in [4.78, 5) is 23.0. The number of hydrogen-bond acceptors (Lipinski definition) is 3. The second kappa shape index (κ2) is 6.00. The Bertz CT molecular complexity index is 436. The summed E-state index contributed by atoms with van der Waals surface area (Å²) in [5.74, 6) is -0.00759. The van der Waals surface area contributed by atoms with Crippen LogP contribution in [0, 0.1) is 5.92 Å². The van der Waals surface area contributed by atoms with Gasteiger partial charge in [-0.25, -0.2) is 0 Å². The van der Waals surface area contributed by atoms with Crippen molar-refractivity contribution < 1.29 is 9.59 Å². The van der Waals surface area contributed by atoms with Crippen molar-refractivity contribution in [3.8, 4) is 0 Å². The molecule has 0 aromatic carbocycles. The van der Waals surface area contributed by atoms with E-state index in [1.807, 2.05) is 0 Å². The van der Waals surface area contributed by atoms with E-state index >= 15 is 0 Å². The molecular weight excluding hydrogens is 248 g/mol. The molecule has 0 atom stereocenters. The van der Waals surface area contributed by atoms with Crippen LogP contribution in [0.3, 0.4) is 0 Å². The summed E-state index contributed by atoms with van der Waals surface area (Å²) < 4.78 is 0. The first-order chi connectivity index (χ1) is 8.66. The van der Waals surface area contributed by atoms with Crippen LogP contribution in [0.15, 0.2) is 11.4 Å². The van der Waals surface area contributed by atoms with Gasteiger partial charge in [-0.3, -0.25) is 9.59 Å². The van der Waals surface area contributed by atoms with E-state index in [4.69, 9.17) is 5.73 Å². The van der Waals surface area contributed by atoms with Gasteiger partial charge in [0.05, 0.1) is 5.56 Å². The van der Waals surface area contributed by atoms with Crippen molar-refractivity contribution in [2.75, 3.05) is 5.32 Å². The summed E-state index contributed by atoms with van der Waals surface area (Å²) in [7, 11) is 0. The van der Waals surface area contributed by atoms with Crippen LogP contribution in [-0.2, 0) is 4.79 Å². The van der Waals surface area contributed by atoms with E-state index in [-0.39, 0.29) is 5.91 Å². The second-order valence-electron chi connectivity index (χ2n) is 4.78. The number of carbonyl (C=O) groups excluding carboxylic acids is 2. The van der Waals surface area contributed by atoms with Crippen molar-refractivity contribution >= 4 is 28.2 Å². The van der Waals surface area contributed by atoms with E-state index in [2.05, 4.69) is 5.32 Å². The SMILES string of the molecule is NC(=O)c1ccsc1NC(=O)CC1CCCCC1. The van der Waals surface area contributed by atoms with Crippen LogP contribution >= 0.6 is 11.3 Å². The number of nitrogens with one attached hydrogen (secondary N) is 1. The number of primary amides is 1. The third kappa shape index (κ3) is 3.32. The number of carbonyl (C=O) groups is 2. The molecule has 1 saturated carbocycles. The fraction of sp³-hybridized carbons (Fsp3) is 0.538. The smallest absolute Gasteiger partial charge is 0.251 e. The highest BCUT2D eigenvalue weighted by atomic mass is 32.1. The van der Waals surface area contributed by atoms with E-state index < -0.39 is 5.91 Å².